The maximum atomic E-state index is 3.67. The largest absolute Gasteiger partial charge is 0.315 e. The van der Waals surface area contributed by atoms with Gasteiger partial charge in [-0.25, -0.2) is 0 Å². The van der Waals surface area contributed by atoms with Crippen LogP contribution in [0.2, 0.25) is 0 Å². The van der Waals surface area contributed by atoms with Crippen LogP contribution in [0.1, 0.15) is 58.3 Å². The molecule has 18 heavy (non-hydrogen) atoms. The Hall–Kier alpha value is -0.0800. The van der Waals surface area contributed by atoms with Gasteiger partial charge in [-0.1, -0.05) is 26.2 Å². The predicted molar refractivity (Wildman–Crippen MR) is 78.9 cm³/mol. The molecule has 2 saturated carbocycles. The lowest BCUT2D eigenvalue weighted by atomic mass is 9.68. The topological polar surface area (TPSA) is 15.3 Å². The summed E-state index contributed by atoms with van der Waals surface area (Å²) in [5.41, 5.74) is 0.414. The minimum absolute atomic E-state index is 0.414. The van der Waals surface area contributed by atoms with Crippen LogP contribution in [0, 0.1) is 11.8 Å². The minimum Gasteiger partial charge on any atom is -0.315 e. The normalized spacial score (nSPS) is 35.5. The first-order chi connectivity index (χ1) is 8.58. The third-order valence-electron chi connectivity index (χ3n) is 5.82. The smallest absolute Gasteiger partial charge is 0.0356 e. The van der Waals surface area contributed by atoms with Crippen molar-refractivity contribution in [3.05, 3.63) is 0 Å². The van der Waals surface area contributed by atoms with Gasteiger partial charge < -0.3 is 10.2 Å². The van der Waals surface area contributed by atoms with E-state index < -0.39 is 0 Å². The molecule has 1 N–H and O–H groups in total. The van der Waals surface area contributed by atoms with Crippen molar-refractivity contribution in [2.45, 2.75) is 69.9 Å². The van der Waals surface area contributed by atoms with Crippen molar-refractivity contribution in [1.82, 2.24) is 10.2 Å². The molecular formula is C16H32N2. The van der Waals surface area contributed by atoms with Crippen LogP contribution in [0.4, 0.5) is 0 Å². The van der Waals surface area contributed by atoms with E-state index in [1.54, 1.807) is 0 Å². The highest BCUT2D eigenvalue weighted by Gasteiger charge is 2.43. The first-order valence-corrected chi connectivity index (χ1v) is 7.93. The van der Waals surface area contributed by atoms with E-state index in [9.17, 15) is 0 Å². The molecule has 2 nitrogen and oxygen atoms in total. The number of likely N-dealkylation sites (N-methyl/N-ethyl adjacent to an activating group) is 2. The second kappa shape index (κ2) is 5.92. The molecule has 2 rings (SSSR count). The lowest BCUT2D eigenvalue weighted by Crippen LogP contribution is -2.60. The summed E-state index contributed by atoms with van der Waals surface area (Å²) in [5.74, 6) is 1.93. The Morgan fingerprint density at radius 2 is 1.78 bits per heavy atom. The zero-order valence-electron chi connectivity index (χ0n) is 12.8. The summed E-state index contributed by atoms with van der Waals surface area (Å²) in [7, 11) is 6.76. The van der Waals surface area contributed by atoms with Gasteiger partial charge in [-0.3, -0.25) is 0 Å². The molecule has 2 aliphatic rings. The molecule has 0 amide bonds. The van der Waals surface area contributed by atoms with E-state index in [1.165, 1.54) is 51.4 Å². The van der Waals surface area contributed by atoms with Crippen molar-refractivity contribution < 1.29 is 0 Å². The molecule has 0 heterocycles. The fourth-order valence-electron chi connectivity index (χ4n) is 4.04. The second-order valence-corrected chi connectivity index (χ2v) is 7.05. The molecule has 0 spiro atoms. The Bertz CT molecular complexity index is 250. The molecule has 0 aliphatic heterocycles. The van der Waals surface area contributed by atoms with Crippen LogP contribution >= 0.6 is 0 Å². The van der Waals surface area contributed by atoms with E-state index >= 15 is 0 Å². The van der Waals surface area contributed by atoms with Gasteiger partial charge >= 0.3 is 0 Å². The quantitative estimate of drug-likeness (QED) is 0.808. The van der Waals surface area contributed by atoms with Crippen LogP contribution in [-0.4, -0.2) is 37.6 Å². The summed E-state index contributed by atoms with van der Waals surface area (Å²) in [6.45, 7) is 2.42. The highest BCUT2D eigenvalue weighted by molar-refractivity contribution is 5.02. The molecule has 0 radical (unpaired) electrons. The van der Waals surface area contributed by atoms with Crippen LogP contribution in [0.5, 0.6) is 0 Å². The van der Waals surface area contributed by atoms with E-state index in [2.05, 4.69) is 38.3 Å². The summed E-state index contributed by atoms with van der Waals surface area (Å²) < 4.78 is 0. The molecule has 0 aromatic heterocycles. The van der Waals surface area contributed by atoms with Crippen LogP contribution in [0.3, 0.4) is 0 Å². The van der Waals surface area contributed by atoms with Crippen molar-refractivity contribution in [1.29, 1.82) is 0 Å². The first kappa shape index (κ1) is 14.3. The molecule has 106 valence electrons. The van der Waals surface area contributed by atoms with E-state index in [-0.39, 0.29) is 0 Å². The van der Waals surface area contributed by atoms with E-state index in [1.807, 2.05) is 0 Å². The zero-order chi connectivity index (χ0) is 13.2. The van der Waals surface area contributed by atoms with Gasteiger partial charge in [-0.15, -0.1) is 0 Å². The first-order valence-electron chi connectivity index (χ1n) is 7.93. The predicted octanol–water partition coefficient (Wildman–Crippen LogP) is 3.28. The van der Waals surface area contributed by atoms with E-state index in [0.717, 1.165) is 11.8 Å². The summed E-state index contributed by atoms with van der Waals surface area (Å²) in [6.07, 6.45) is 11.4. The van der Waals surface area contributed by atoms with Gasteiger partial charge in [0, 0.05) is 11.6 Å². The molecule has 0 aromatic rings. The van der Waals surface area contributed by atoms with E-state index in [4.69, 9.17) is 0 Å². The molecule has 2 heteroatoms. The lowest BCUT2D eigenvalue weighted by Gasteiger charge is -2.51. The number of rotatable bonds is 5. The maximum absolute atomic E-state index is 3.67. The third-order valence-corrected chi connectivity index (χ3v) is 5.82. The highest BCUT2D eigenvalue weighted by atomic mass is 15.2. The molecule has 0 aromatic carbocycles. The zero-order valence-corrected chi connectivity index (χ0v) is 12.8. The molecule has 0 saturated heterocycles. The van der Waals surface area contributed by atoms with Crippen molar-refractivity contribution in [2.24, 2.45) is 11.8 Å². The molecule has 1 atom stereocenters. The summed E-state index contributed by atoms with van der Waals surface area (Å²) >= 11 is 0. The Labute approximate surface area is 114 Å². The highest BCUT2D eigenvalue weighted by Crippen LogP contribution is 2.41. The van der Waals surface area contributed by atoms with Gasteiger partial charge in [0.15, 0.2) is 0 Å². The molecule has 0 bridgehead atoms. The van der Waals surface area contributed by atoms with Gasteiger partial charge in [0.2, 0.25) is 0 Å². The second-order valence-electron chi connectivity index (χ2n) is 7.05. The molecule has 1 unspecified atom stereocenters. The van der Waals surface area contributed by atoms with Gasteiger partial charge in [-0.2, -0.15) is 0 Å². The van der Waals surface area contributed by atoms with Crippen LogP contribution in [-0.2, 0) is 0 Å². The summed E-state index contributed by atoms with van der Waals surface area (Å²) in [5, 5.41) is 3.67. The minimum atomic E-state index is 0.414. The van der Waals surface area contributed by atoms with Crippen molar-refractivity contribution in [3.8, 4) is 0 Å². The number of nitrogens with one attached hydrogen (secondary N) is 1. The number of hydrogen-bond donors (Lipinski definition) is 1. The Balaban J connectivity index is 2.05. The third kappa shape index (κ3) is 2.75. The van der Waals surface area contributed by atoms with Gasteiger partial charge in [-0.05, 0) is 65.1 Å². The molecule has 2 fully saturated rings. The molecular weight excluding hydrogens is 220 g/mol. The number of hydrogen-bond acceptors (Lipinski definition) is 2. The van der Waals surface area contributed by atoms with Gasteiger partial charge in [0.05, 0.1) is 0 Å². The molecule has 2 aliphatic carbocycles. The standard InChI is InChI=1S/C16H32N2/c1-13-8-10-16(11-9-13,18(3)4)15(17-2)12-14-6-5-7-14/h13-15,17H,5-12H2,1-4H3. The lowest BCUT2D eigenvalue weighted by molar-refractivity contribution is 0.0317. The maximum Gasteiger partial charge on any atom is 0.0356 e. The number of nitrogens with zero attached hydrogens (tertiary/aromatic N) is 1. The van der Waals surface area contributed by atoms with Gasteiger partial charge in [0.1, 0.15) is 0 Å². The van der Waals surface area contributed by atoms with E-state index in [0.29, 0.717) is 11.6 Å². The average molecular weight is 252 g/mol. The van der Waals surface area contributed by atoms with Crippen molar-refractivity contribution in [2.75, 3.05) is 21.1 Å². The van der Waals surface area contributed by atoms with Crippen molar-refractivity contribution >= 4 is 0 Å². The Morgan fingerprint density at radius 3 is 2.17 bits per heavy atom. The summed E-state index contributed by atoms with van der Waals surface area (Å²) in [6, 6.07) is 0.685. The monoisotopic (exact) mass is 252 g/mol. The summed E-state index contributed by atoms with van der Waals surface area (Å²) in [4.78, 5) is 2.53. The van der Waals surface area contributed by atoms with Gasteiger partial charge in [0.25, 0.3) is 0 Å². The fraction of sp³-hybridized carbons (Fsp3) is 1.00. The SMILES string of the molecule is CNC(CC1CCC1)C1(N(C)C)CCC(C)CC1. The van der Waals surface area contributed by atoms with Crippen molar-refractivity contribution in [3.63, 3.8) is 0 Å². The Morgan fingerprint density at radius 1 is 1.17 bits per heavy atom. The fourth-order valence-corrected chi connectivity index (χ4v) is 4.04. The average Bonchev–Trinajstić information content (AvgIpc) is 2.29. The van der Waals surface area contributed by atoms with Crippen LogP contribution in [0.15, 0.2) is 0 Å². The Kier molecular flexibility index (Phi) is 4.71. The van der Waals surface area contributed by atoms with Crippen LogP contribution in [0.25, 0.3) is 0 Å². The van der Waals surface area contributed by atoms with Crippen LogP contribution < -0.4 is 5.32 Å².